The van der Waals surface area contributed by atoms with Crippen LogP contribution in [0.3, 0.4) is 0 Å². The van der Waals surface area contributed by atoms with E-state index in [2.05, 4.69) is 0 Å². The lowest BCUT2D eigenvalue weighted by molar-refractivity contribution is -0.141. The van der Waals surface area contributed by atoms with E-state index in [0.29, 0.717) is 18.8 Å². The Labute approximate surface area is 159 Å². The minimum atomic E-state index is -0.209. The molecule has 1 saturated heterocycles. The van der Waals surface area contributed by atoms with E-state index in [1.165, 1.54) is 12.7 Å². The number of esters is 1. The standard InChI is InChI=1S/C21H26O6/c1-24-18-7-5-13(11-20(18)26-3)8-15-12-27-21(23)16(15)9-14-4-6-17(22)19(10-14)25-2/h4,6,10-11,15-16,22H,5,7-9,12H2,1-3H3. The molecule has 6 heteroatoms. The first-order chi connectivity index (χ1) is 13.0. The number of phenolic OH excluding ortho intramolecular Hbond substituents is 1. The number of carbonyl (C=O) groups is 1. The van der Waals surface area contributed by atoms with Crippen LogP contribution in [0.5, 0.6) is 11.5 Å². The molecule has 2 atom stereocenters. The van der Waals surface area contributed by atoms with E-state index >= 15 is 0 Å². The summed E-state index contributed by atoms with van der Waals surface area (Å²) in [6, 6.07) is 5.18. The van der Waals surface area contributed by atoms with Gasteiger partial charge in [-0.25, -0.2) is 0 Å². The van der Waals surface area contributed by atoms with Crippen molar-refractivity contribution in [2.24, 2.45) is 11.8 Å². The highest BCUT2D eigenvalue weighted by Gasteiger charge is 2.37. The van der Waals surface area contributed by atoms with Crippen molar-refractivity contribution in [2.75, 3.05) is 27.9 Å². The number of hydrogen-bond acceptors (Lipinski definition) is 6. The topological polar surface area (TPSA) is 74.2 Å². The molecule has 1 N–H and O–H groups in total. The van der Waals surface area contributed by atoms with Gasteiger partial charge in [-0.1, -0.05) is 11.6 Å². The monoisotopic (exact) mass is 374 g/mol. The van der Waals surface area contributed by atoms with Crippen molar-refractivity contribution in [2.45, 2.75) is 25.7 Å². The van der Waals surface area contributed by atoms with Crippen molar-refractivity contribution in [3.05, 3.63) is 46.9 Å². The van der Waals surface area contributed by atoms with E-state index in [0.717, 1.165) is 36.3 Å². The Bertz CT molecular complexity index is 764. The number of ether oxygens (including phenoxy) is 4. The number of methoxy groups -OCH3 is 3. The number of phenols is 1. The highest BCUT2D eigenvalue weighted by Crippen LogP contribution is 2.36. The Hall–Kier alpha value is -2.63. The zero-order chi connectivity index (χ0) is 19.4. The van der Waals surface area contributed by atoms with Gasteiger partial charge in [-0.05, 0) is 43.0 Å². The largest absolute Gasteiger partial charge is 0.504 e. The smallest absolute Gasteiger partial charge is 0.309 e. The van der Waals surface area contributed by atoms with Crippen LogP contribution >= 0.6 is 0 Å². The summed E-state index contributed by atoms with van der Waals surface area (Å²) in [5, 5.41) is 9.76. The van der Waals surface area contributed by atoms with Crippen molar-refractivity contribution in [3.8, 4) is 11.5 Å². The molecule has 1 fully saturated rings. The molecule has 1 aliphatic heterocycles. The lowest BCUT2D eigenvalue weighted by Crippen LogP contribution is -2.20. The quantitative estimate of drug-likeness (QED) is 0.738. The predicted molar refractivity (Wildman–Crippen MR) is 99.3 cm³/mol. The molecule has 0 aromatic heterocycles. The molecule has 1 aromatic rings. The molecule has 0 amide bonds. The van der Waals surface area contributed by atoms with Crippen LogP contribution in [-0.4, -0.2) is 39.0 Å². The first-order valence-corrected chi connectivity index (χ1v) is 9.08. The van der Waals surface area contributed by atoms with Crippen molar-refractivity contribution in [1.29, 1.82) is 0 Å². The second-order valence-corrected chi connectivity index (χ2v) is 6.91. The summed E-state index contributed by atoms with van der Waals surface area (Å²) < 4.78 is 21.3. The zero-order valence-electron chi connectivity index (χ0n) is 16.0. The molecule has 3 rings (SSSR count). The number of aromatic hydroxyl groups is 1. The normalized spacial score (nSPS) is 22.3. The van der Waals surface area contributed by atoms with E-state index < -0.39 is 0 Å². The van der Waals surface area contributed by atoms with Gasteiger partial charge in [-0.2, -0.15) is 0 Å². The Balaban J connectivity index is 1.73. The summed E-state index contributed by atoms with van der Waals surface area (Å²) in [6.45, 7) is 0.430. The van der Waals surface area contributed by atoms with Gasteiger partial charge in [-0.15, -0.1) is 0 Å². The fraction of sp³-hybridized carbons (Fsp3) is 0.476. The number of carbonyl (C=O) groups excluding carboxylic acids is 1. The van der Waals surface area contributed by atoms with Gasteiger partial charge in [0.25, 0.3) is 0 Å². The maximum absolute atomic E-state index is 12.3. The van der Waals surface area contributed by atoms with E-state index in [-0.39, 0.29) is 23.6 Å². The summed E-state index contributed by atoms with van der Waals surface area (Å²) in [4.78, 5) is 12.3. The van der Waals surface area contributed by atoms with Crippen molar-refractivity contribution in [3.63, 3.8) is 0 Å². The molecule has 0 bridgehead atoms. The van der Waals surface area contributed by atoms with Gasteiger partial charge >= 0.3 is 5.97 Å². The Morgan fingerprint density at radius 2 is 1.93 bits per heavy atom. The molecule has 1 heterocycles. The van der Waals surface area contributed by atoms with Gasteiger partial charge in [0.1, 0.15) is 5.76 Å². The molecule has 1 aliphatic carbocycles. The number of rotatable bonds is 7. The maximum atomic E-state index is 12.3. The molecule has 0 radical (unpaired) electrons. The van der Waals surface area contributed by atoms with Crippen LogP contribution in [0.15, 0.2) is 41.4 Å². The third-order valence-corrected chi connectivity index (χ3v) is 5.29. The van der Waals surface area contributed by atoms with E-state index in [9.17, 15) is 9.90 Å². The summed E-state index contributed by atoms with van der Waals surface area (Å²) >= 11 is 0. The van der Waals surface area contributed by atoms with Crippen molar-refractivity contribution >= 4 is 5.97 Å². The molecule has 27 heavy (non-hydrogen) atoms. The van der Waals surface area contributed by atoms with Crippen LogP contribution in [0, 0.1) is 11.8 Å². The first kappa shape index (κ1) is 19.1. The van der Waals surface area contributed by atoms with E-state index in [4.69, 9.17) is 18.9 Å². The average molecular weight is 374 g/mol. The van der Waals surface area contributed by atoms with Crippen LogP contribution in [0.1, 0.15) is 24.8 Å². The Kier molecular flexibility index (Phi) is 5.94. The molecule has 2 aliphatic rings. The Morgan fingerprint density at radius 1 is 1.11 bits per heavy atom. The van der Waals surface area contributed by atoms with Gasteiger partial charge in [0.15, 0.2) is 17.3 Å². The van der Waals surface area contributed by atoms with Crippen LogP contribution in [0.2, 0.25) is 0 Å². The average Bonchev–Trinajstić information content (AvgIpc) is 3.02. The lowest BCUT2D eigenvalue weighted by Gasteiger charge is -2.22. The fourth-order valence-corrected chi connectivity index (χ4v) is 3.77. The second kappa shape index (κ2) is 8.37. The summed E-state index contributed by atoms with van der Waals surface area (Å²) in [5.74, 6) is 1.85. The van der Waals surface area contributed by atoms with Crippen molar-refractivity contribution in [1.82, 2.24) is 0 Å². The number of cyclic esters (lactones) is 1. The summed E-state index contributed by atoms with van der Waals surface area (Å²) in [5.41, 5.74) is 2.18. The minimum Gasteiger partial charge on any atom is -0.504 e. The molecule has 6 nitrogen and oxygen atoms in total. The highest BCUT2D eigenvalue weighted by molar-refractivity contribution is 5.75. The van der Waals surface area contributed by atoms with Crippen molar-refractivity contribution < 1.29 is 28.8 Å². The third kappa shape index (κ3) is 4.21. The second-order valence-electron chi connectivity index (χ2n) is 6.91. The van der Waals surface area contributed by atoms with Gasteiger partial charge in [0.05, 0.1) is 33.9 Å². The molecule has 0 spiro atoms. The maximum Gasteiger partial charge on any atom is 0.309 e. The first-order valence-electron chi connectivity index (χ1n) is 9.08. The zero-order valence-corrected chi connectivity index (χ0v) is 16.0. The molecule has 1 aromatic carbocycles. The van der Waals surface area contributed by atoms with Gasteiger partial charge in [0, 0.05) is 12.3 Å². The number of hydrogen-bond donors (Lipinski definition) is 1. The third-order valence-electron chi connectivity index (χ3n) is 5.29. The molecule has 146 valence electrons. The predicted octanol–water partition coefficient (Wildman–Crippen LogP) is 3.35. The van der Waals surface area contributed by atoms with Crippen LogP contribution in [0.25, 0.3) is 0 Å². The minimum absolute atomic E-state index is 0.0898. The highest BCUT2D eigenvalue weighted by atomic mass is 16.5. The number of allylic oxidation sites excluding steroid dienone is 3. The number of benzene rings is 1. The van der Waals surface area contributed by atoms with E-state index in [1.54, 1.807) is 26.4 Å². The van der Waals surface area contributed by atoms with Crippen LogP contribution in [0.4, 0.5) is 0 Å². The SMILES string of the molecule is COC1=C(OC)CCC(CC2COC(=O)C2Cc2ccc(O)c(OC)c2)=C1. The summed E-state index contributed by atoms with van der Waals surface area (Å²) in [6.07, 6.45) is 5.05. The summed E-state index contributed by atoms with van der Waals surface area (Å²) in [7, 11) is 4.80. The molecule has 2 unspecified atom stereocenters. The molecule has 0 saturated carbocycles. The molecular weight excluding hydrogens is 348 g/mol. The van der Waals surface area contributed by atoms with Gasteiger partial charge < -0.3 is 24.1 Å². The van der Waals surface area contributed by atoms with Crippen LogP contribution < -0.4 is 4.74 Å². The van der Waals surface area contributed by atoms with Crippen LogP contribution in [-0.2, 0) is 25.4 Å². The molecular formula is C21H26O6. The van der Waals surface area contributed by atoms with Gasteiger partial charge in [-0.3, -0.25) is 4.79 Å². The van der Waals surface area contributed by atoms with Gasteiger partial charge in [0.2, 0.25) is 0 Å². The Morgan fingerprint density at radius 3 is 2.63 bits per heavy atom. The fourth-order valence-electron chi connectivity index (χ4n) is 3.77. The van der Waals surface area contributed by atoms with E-state index in [1.807, 2.05) is 12.1 Å². The lowest BCUT2D eigenvalue weighted by atomic mass is 9.83.